The molecule has 0 heterocycles. The number of hydrogen-bond donors (Lipinski definition) is 2. The highest BCUT2D eigenvalue weighted by atomic mass is 32.2. The van der Waals surface area contributed by atoms with Crippen molar-refractivity contribution in [1.82, 2.24) is 10.0 Å². The van der Waals surface area contributed by atoms with Gasteiger partial charge in [0.25, 0.3) is 0 Å². The van der Waals surface area contributed by atoms with Gasteiger partial charge in [0.15, 0.2) is 0 Å². The summed E-state index contributed by atoms with van der Waals surface area (Å²) in [6, 6.07) is 18.4. The van der Waals surface area contributed by atoms with E-state index in [1.807, 2.05) is 60.7 Å². The molecule has 0 bridgehead atoms. The Labute approximate surface area is 148 Å². The summed E-state index contributed by atoms with van der Waals surface area (Å²) >= 11 is 0. The summed E-state index contributed by atoms with van der Waals surface area (Å²) in [4.78, 5) is 12.0. The predicted octanol–water partition coefficient (Wildman–Crippen LogP) is 2.07. The van der Waals surface area contributed by atoms with Gasteiger partial charge in [0.05, 0.1) is 6.26 Å². The molecule has 25 heavy (non-hydrogen) atoms. The monoisotopic (exact) mass is 362 g/mol. The molecular formula is C18H22N2O4S. The zero-order valence-corrected chi connectivity index (χ0v) is 14.8. The molecule has 2 aromatic rings. The molecule has 134 valence electrons. The number of sulfonamides is 1. The molecule has 7 heteroatoms. The Morgan fingerprint density at radius 1 is 1.00 bits per heavy atom. The lowest BCUT2D eigenvalue weighted by Gasteiger charge is -2.19. The average molecular weight is 362 g/mol. The first-order chi connectivity index (χ1) is 11.9. The maximum atomic E-state index is 12.0. The molecule has 1 unspecified atom stereocenters. The van der Waals surface area contributed by atoms with Gasteiger partial charge in [-0.15, -0.1) is 0 Å². The van der Waals surface area contributed by atoms with E-state index in [-0.39, 0.29) is 13.2 Å². The van der Waals surface area contributed by atoms with Gasteiger partial charge < -0.3 is 10.1 Å². The van der Waals surface area contributed by atoms with Crippen LogP contribution in [0.1, 0.15) is 11.1 Å². The fourth-order valence-electron chi connectivity index (χ4n) is 2.26. The highest BCUT2D eigenvalue weighted by molar-refractivity contribution is 7.88. The zero-order valence-electron chi connectivity index (χ0n) is 14.0. The van der Waals surface area contributed by atoms with Gasteiger partial charge in [0.2, 0.25) is 10.0 Å². The minimum atomic E-state index is -3.34. The molecule has 0 aliphatic heterocycles. The molecule has 0 saturated heterocycles. The Balaban J connectivity index is 1.92. The molecule has 2 rings (SSSR count). The van der Waals surface area contributed by atoms with Crippen LogP contribution in [0.4, 0.5) is 4.79 Å². The van der Waals surface area contributed by atoms with Gasteiger partial charge in [-0.1, -0.05) is 60.7 Å². The molecule has 0 spiro atoms. The van der Waals surface area contributed by atoms with Crippen molar-refractivity contribution in [3.8, 4) is 0 Å². The third-order valence-electron chi connectivity index (χ3n) is 3.45. The van der Waals surface area contributed by atoms with E-state index >= 15 is 0 Å². The van der Waals surface area contributed by atoms with E-state index in [4.69, 9.17) is 4.74 Å². The van der Waals surface area contributed by atoms with Crippen LogP contribution < -0.4 is 10.0 Å². The maximum absolute atomic E-state index is 12.0. The fourth-order valence-corrected chi connectivity index (χ4v) is 2.76. The first-order valence-corrected chi connectivity index (χ1v) is 9.77. The Hall–Kier alpha value is -2.38. The van der Waals surface area contributed by atoms with E-state index in [2.05, 4.69) is 10.0 Å². The molecule has 0 aliphatic carbocycles. The first-order valence-electron chi connectivity index (χ1n) is 7.88. The molecule has 1 amide bonds. The highest BCUT2D eigenvalue weighted by Gasteiger charge is 2.16. The van der Waals surface area contributed by atoms with E-state index in [1.54, 1.807) is 0 Å². The molecular weight excluding hydrogens is 340 g/mol. The minimum absolute atomic E-state index is 0.0914. The van der Waals surface area contributed by atoms with Crippen LogP contribution in [0.3, 0.4) is 0 Å². The number of hydrogen-bond acceptors (Lipinski definition) is 4. The molecule has 0 saturated carbocycles. The number of benzene rings is 2. The molecule has 1 atom stereocenters. The van der Waals surface area contributed by atoms with E-state index in [9.17, 15) is 13.2 Å². The number of nitrogens with one attached hydrogen (secondary N) is 2. The third kappa shape index (κ3) is 7.82. The van der Waals surface area contributed by atoms with Crippen LogP contribution in [0, 0.1) is 0 Å². The minimum Gasteiger partial charge on any atom is -0.445 e. The van der Waals surface area contributed by atoms with Gasteiger partial charge in [0, 0.05) is 12.6 Å². The van der Waals surface area contributed by atoms with Crippen molar-refractivity contribution in [3.05, 3.63) is 71.8 Å². The second kappa shape index (κ2) is 9.19. The second-order valence-electron chi connectivity index (χ2n) is 5.71. The third-order valence-corrected chi connectivity index (χ3v) is 4.14. The average Bonchev–Trinajstić information content (AvgIpc) is 2.59. The summed E-state index contributed by atoms with van der Waals surface area (Å²) in [5, 5.41) is 2.72. The number of carbonyl (C=O) groups is 1. The first kappa shape index (κ1) is 19.0. The van der Waals surface area contributed by atoms with Crippen molar-refractivity contribution in [2.45, 2.75) is 19.1 Å². The summed E-state index contributed by atoms with van der Waals surface area (Å²) in [6.07, 6.45) is 0.990. The SMILES string of the molecule is CS(=O)(=O)NCC(Cc1ccccc1)NC(=O)OCc1ccccc1. The second-order valence-corrected chi connectivity index (χ2v) is 7.55. The number of alkyl carbamates (subject to hydrolysis) is 1. The predicted molar refractivity (Wildman–Crippen MR) is 96.5 cm³/mol. The van der Waals surface area contributed by atoms with Gasteiger partial charge in [-0.3, -0.25) is 0 Å². The smallest absolute Gasteiger partial charge is 0.407 e. The molecule has 2 aromatic carbocycles. The topological polar surface area (TPSA) is 84.5 Å². The van der Waals surface area contributed by atoms with Crippen LogP contribution in [0.25, 0.3) is 0 Å². The Morgan fingerprint density at radius 2 is 1.56 bits per heavy atom. The number of amides is 1. The summed E-state index contributed by atoms with van der Waals surface area (Å²) in [7, 11) is -3.34. The fraction of sp³-hybridized carbons (Fsp3) is 0.278. The van der Waals surface area contributed by atoms with Crippen LogP contribution >= 0.6 is 0 Å². The van der Waals surface area contributed by atoms with E-state index in [0.29, 0.717) is 6.42 Å². The highest BCUT2D eigenvalue weighted by Crippen LogP contribution is 2.05. The lowest BCUT2D eigenvalue weighted by atomic mass is 10.1. The quantitative estimate of drug-likeness (QED) is 0.753. The summed E-state index contributed by atoms with van der Waals surface area (Å²) in [6.45, 7) is 0.248. The van der Waals surface area contributed by atoms with Crippen LogP contribution in [0.2, 0.25) is 0 Å². The van der Waals surface area contributed by atoms with Crippen molar-refractivity contribution < 1.29 is 17.9 Å². The van der Waals surface area contributed by atoms with Gasteiger partial charge in [-0.25, -0.2) is 17.9 Å². The molecule has 0 aliphatic rings. The normalized spacial score (nSPS) is 12.4. The molecule has 0 fully saturated rings. The molecule has 2 N–H and O–H groups in total. The maximum Gasteiger partial charge on any atom is 0.407 e. The van der Waals surface area contributed by atoms with Crippen LogP contribution in [0.5, 0.6) is 0 Å². The van der Waals surface area contributed by atoms with Gasteiger partial charge >= 0.3 is 6.09 Å². The lowest BCUT2D eigenvalue weighted by Crippen LogP contribution is -2.44. The summed E-state index contributed by atoms with van der Waals surface area (Å²) in [5.74, 6) is 0. The van der Waals surface area contributed by atoms with Crippen LogP contribution in [0.15, 0.2) is 60.7 Å². The van der Waals surface area contributed by atoms with Crippen molar-refractivity contribution in [2.75, 3.05) is 12.8 Å². The van der Waals surface area contributed by atoms with Crippen LogP contribution in [-0.2, 0) is 27.8 Å². The molecule has 0 aromatic heterocycles. The van der Waals surface area contributed by atoms with E-state index < -0.39 is 22.2 Å². The standard InChI is InChI=1S/C18H22N2O4S/c1-25(22,23)19-13-17(12-15-8-4-2-5-9-15)20-18(21)24-14-16-10-6-3-7-11-16/h2-11,17,19H,12-14H2,1H3,(H,20,21). The van der Waals surface area contributed by atoms with Gasteiger partial charge in [0.1, 0.15) is 6.61 Å². The van der Waals surface area contributed by atoms with Gasteiger partial charge in [-0.05, 0) is 17.5 Å². The zero-order chi connectivity index (χ0) is 18.1. The number of rotatable bonds is 8. The summed E-state index contributed by atoms with van der Waals surface area (Å²) in [5.41, 5.74) is 1.87. The number of carbonyl (C=O) groups excluding carboxylic acids is 1. The van der Waals surface area contributed by atoms with Crippen molar-refractivity contribution >= 4 is 16.1 Å². The van der Waals surface area contributed by atoms with Crippen molar-refractivity contribution in [1.29, 1.82) is 0 Å². The Morgan fingerprint density at radius 3 is 2.12 bits per heavy atom. The van der Waals surface area contributed by atoms with Gasteiger partial charge in [-0.2, -0.15) is 0 Å². The Kier molecular flexibility index (Phi) is 6.97. The van der Waals surface area contributed by atoms with Crippen molar-refractivity contribution in [3.63, 3.8) is 0 Å². The van der Waals surface area contributed by atoms with E-state index in [1.165, 1.54) is 0 Å². The lowest BCUT2D eigenvalue weighted by molar-refractivity contribution is 0.135. The Bertz CT molecular complexity index is 764. The largest absolute Gasteiger partial charge is 0.445 e. The number of ether oxygens (including phenoxy) is 1. The molecule has 0 radical (unpaired) electrons. The summed E-state index contributed by atoms with van der Waals surface area (Å²) < 4.78 is 30.3. The molecule has 6 nitrogen and oxygen atoms in total. The van der Waals surface area contributed by atoms with E-state index in [0.717, 1.165) is 17.4 Å². The van der Waals surface area contributed by atoms with Crippen LogP contribution in [-0.4, -0.2) is 33.4 Å². The van der Waals surface area contributed by atoms with Crippen molar-refractivity contribution in [2.24, 2.45) is 0 Å².